The maximum Gasteiger partial charge on any atom is 0.311 e. The van der Waals surface area contributed by atoms with Crippen molar-refractivity contribution in [1.82, 2.24) is 0 Å². The van der Waals surface area contributed by atoms with E-state index < -0.39 is 0 Å². The van der Waals surface area contributed by atoms with Gasteiger partial charge in [-0.3, -0.25) is 4.79 Å². The lowest BCUT2D eigenvalue weighted by Crippen LogP contribution is -2.12. The van der Waals surface area contributed by atoms with E-state index in [2.05, 4.69) is 19.1 Å². The Balaban J connectivity index is 1.55. The topological polar surface area (TPSA) is 26.3 Å². The minimum absolute atomic E-state index is 0.0979. The zero-order chi connectivity index (χ0) is 16.1. The molecule has 2 nitrogen and oxygen atoms in total. The maximum absolute atomic E-state index is 12.1. The summed E-state index contributed by atoms with van der Waals surface area (Å²) in [5, 5.41) is 0. The zero-order valence-corrected chi connectivity index (χ0v) is 13.7. The molecular formula is C21H24O2. The Hall–Kier alpha value is -2.09. The first kappa shape index (κ1) is 15.8. The fourth-order valence-corrected chi connectivity index (χ4v) is 3.49. The molecule has 0 aromatic heterocycles. The van der Waals surface area contributed by atoms with Crippen LogP contribution in [0.15, 0.2) is 54.6 Å². The molecule has 0 saturated heterocycles. The van der Waals surface area contributed by atoms with Gasteiger partial charge in [-0.25, -0.2) is 0 Å². The van der Waals surface area contributed by atoms with Crippen LogP contribution in [0.2, 0.25) is 0 Å². The second-order valence-electron chi connectivity index (χ2n) is 6.52. The third-order valence-corrected chi connectivity index (χ3v) is 4.88. The number of benzene rings is 2. The van der Waals surface area contributed by atoms with Crippen molar-refractivity contribution in [2.24, 2.45) is 11.8 Å². The summed E-state index contributed by atoms with van der Waals surface area (Å²) in [6.45, 7) is 2.24. The molecule has 0 bridgehead atoms. The Kier molecular flexibility index (Phi) is 5.12. The first-order chi connectivity index (χ1) is 11.2. The van der Waals surface area contributed by atoms with E-state index in [0.717, 1.165) is 11.5 Å². The summed E-state index contributed by atoms with van der Waals surface area (Å²) in [4.78, 5) is 12.1. The van der Waals surface area contributed by atoms with Crippen molar-refractivity contribution in [2.75, 3.05) is 0 Å². The predicted octanol–water partition coefficient (Wildman–Crippen LogP) is 5.48. The van der Waals surface area contributed by atoms with Crippen LogP contribution in [-0.2, 0) is 4.79 Å². The molecule has 120 valence electrons. The molecule has 3 rings (SSSR count). The number of esters is 1. The highest BCUT2D eigenvalue weighted by Gasteiger charge is 2.25. The minimum Gasteiger partial charge on any atom is -0.427 e. The van der Waals surface area contributed by atoms with Crippen molar-refractivity contribution in [2.45, 2.75) is 39.0 Å². The SMILES string of the molecule is CCC1CCC(CC(=O)Oc2ccc(-c3ccccc3)cc2)C1. The predicted molar refractivity (Wildman–Crippen MR) is 93.3 cm³/mol. The quantitative estimate of drug-likeness (QED) is 0.540. The highest BCUT2D eigenvalue weighted by Crippen LogP contribution is 2.35. The number of carbonyl (C=O) groups excluding carboxylic acids is 1. The first-order valence-corrected chi connectivity index (χ1v) is 8.60. The average molecular weight is 308 g/mol. The van der Waals surface area contributed by atoms with E-state index in [0.29, 0.717) is 18.1 Å². The van der Waals surface area contributed by atoms with Gasteiger partial charge in [-0.2, -0.15) is 0 Å². The van der Waals surface area contributed by atoms with Gasteiger partial charge in [0.2, 0.25) is 0 Å². The number of rotatable bonds is 5. The molecule has 1 fully saturated rings. The van der Waals surface area contributed by atoms with Gasteiger partial charge in [0.1, 0.15) is 5.75 Å². The Morgan fingerprint density at radius 1 is 0.957 bits per heavy atom. The lowest BCUT2D eigenvalue weighted by atomic mass is 10.0. The molecule has 0 aliphatic heterocycles. The van der Waals surface area contributed by atoms with Crippen LogP contribution < -0.4 is 4.74 Å². The number of hydrogen-bond donors (Lipinski definition) is 0. The van der Waals surface area contributed by atoms with Gasteiger partial charge in [0.15, 0.2) is 0 Å². The van der Waals surface area contributed by atoms with Crippen LogP contribution in [0.4, 0.5) is 0 Å². The smallest absolute Gasteiger partial charge is 0.311 e. The summed E-state index contributed by atoms with van der Waals surface area (Å²) in [5.41, 5.74) is 2.30. The van der Waals surface area contributed by atoms with E-state index in [1.807, 2.05) is 42.5 Å². The van der Waals surface area contributed by atoms with Crippen LogP contribution in [0.5, 0.6) is 5.75 Å². The van der Waals surface area contributed by atoms with Crippen LogP contribution in [0, 0.1) is 11.8 Å². The molecule has 0 N–H and O–H groups in total. The van der Waals surface area contributed by atoms with E-state index in [-0.39, 0.29) is 5.97 Å². The van der Waals surface area contributed by atoms with Gasteiger partial charge < -0.3 is 4.74 Å². The van der Waals surface area contributed by atoms with Crippen molar-refractivity contribution in [3.05, 3.63) is 54.6 Å². The molecular weight excluding hydrogens is 284 g/mol. The van der Waals surface area contributed by atoms with Gasteiger partial charge in [0.25, 0.3) is 0 Å². The van der Waals surface area contributed by atoms with Crippen LogP contribution in [-0.4, -0.2) is 5.97 Å². The fraction of sp³-hybridized carbons (Fsp3) is 0.381. The summed E-state index contributed by atoms with van der Waals surface area (Å²) >= 11 is 0. The molecule has 1 saturated carbocycles. The normalized spacial score (nSPS) is 20.4. The third kappa shape index (κ3) is 4.22. The molecule has 0 spiro atoms. The second-order valence-corrected chi connectivity index (χ2v) is 6.52. The Morgan fingerprint density at radius 3 is 2.26 bits per heavy atom. The number of carbonyl (C=O) groups is 1. The third-order valence-electron chi connectivity index (χ3n) is 4.88. The molecule has 0 heterocycles. The second kappa shape index (κ2) is 7.45. The summed E-state index contributed by atoms with van der Waals surface area (Å²) in [6, 6.07) is 18.0. The largest absolute Gasteiger partial charge is 0.427 e. The number of ether oxygens (including phenoxy) is 1. The Morgan fingerprint density at radius 2 is 1.61 bits per heavy atom. The lowest BCUT2D eigenvalue weighted by molar-refractivity contribution is -0.135. The van der Waals surface area contributed by atoms with Gasteiger partial charge in [-0.05, 0) is 47.9 Å². The van der Waals surface area contributed by atoms with Crippen molar-refractivity contribution < 1.29 is 9.53 Å². The van der Waals surface area contributed by atoms with Gasteiger partial charge in [0.05, 0.1) is 0 Å². The van der Waals surface area contributed by atoms with Crippen molar-refractivity contribution in [3.8, 4) is 16.9 Å². The molecule has 2 heteroatoms. The first-order valence-electron chi connectivity index (χ1n) is 8.60. The number of hydrogen-bond acceptors (Lipinski definition) is 2. The van der Waals surface area contributed by atoms with Crippen molar-refractivity contribution in [3.63, 3.8) is 0 Å². The molecule has 0 amide bonds. The van der Waals surface area contributed by atoms with Crippen LogP contribution in [0.25, 0.3) is 11.1 Å². The monoisotopic (exact) mass is 308 g/mol. The summed E-state index contributed by atoms with van der Waals surface area (Å²) in [5.74, 6) is 1.85. The Labute approximate surface area is 138 Å². The fourth-order valence-electron chi connectivity index (χ4n) is 3.49. The van der Waals surface area contributed by atoms with E-state index in [9.17, 15) is 4.79 Å². The van der Waals surface area contributed by atoms with Gasteiger partial charge >= 0.3 is 5.97 Å². The molecule has 2 atom stereocenters. The van der Waals surface area contributed by atoms with E-state index in [1.165, 1.54) is 31.2 Å². The van der Waals surface area contributed by atoms with E-state index in [4.69, 9.17) is 4.74 Å². The van der Waals surface area contributed by atoms with Gasteiger partial charge in [0, 0.05) is 6.42 Å². The van der Waals surface area contributed by atoms with Gasteiger partial charge in [-0.15, -0.1) is 0 Å². The van der Waals surface area contributed by atoms with Crippen LogP contribution >= 0.6 is 0 Å². The molecule has 2 aromatic carbocycles. The molecule has 2 aromatic rings. The molecule has 2 unspecified atom stereocenters. The van der Waals surface area contributed by atoms with Crippen LogP contribution in [0.1, 0.15) is 39.0 Å². The highest BCUT2D eigenvalue weighted by atomic mass is 16.5. The zero-order valence-electron chi connectivity index (χ0n) is 13.7. The molecule has 1 aliphatic rings. The molecule has 1 aliphatic carbocycles. The Bertz CT molecular complexity index is 631. The van der Waals surface area contributed by atoms with Crippen molar-refractivity contribution in [1.29, 1.82) is 0 Å². The van der Waals surface area contributed by atoms with Crippen LogP contribution in [0.3, 0.4) is 0 Å². The average Bonchev–Trinajstić information content (AvgIpc) is 3.04. The molecule has 0 radical (unpaired) electrons. The van der Waals surface area contributed by atoms with Gasteiger partial charge in [-0.1, -0.05) is 62.2 Å². The van der Waals surface area contributed by atoms with E-state index >= 15 is 0 Å². The summed E-state index contributed by atoms with van der Waals surface area (Å²) in [7, 11) is 0. The summed E-state index contributed by atoms with van der Waals surface area (Å²) in [6.07, 6.45) is 5.39. The maximum atomic E-state index is 12.1. The van der Waals surface area contributed by atoms with Crippen molar-refractivity contribution >= 4 is 5.97 Å². The van der Waals surface area contributed by atoms with E-state index in [1.54, 1.807) is 0 Å². The highest BCUT2D eigenvalue weighted by molar-refractivity contribution is 5.73. The lowest BCUT2D eigenvalue weighted by Gasteiger charge is -2.10. The standard InChI is InChI=1S/C21H24O2/c1-2-16-8-9-17(14-16)15-21(22)23-20-12-10-19(11-13-20)18-6-4-3-5-7-18/h3-7,10-13,16-17H,2,8-9,14-15H2,1H3. The minimum atomic E-state index is -0.0979. The summed E-state index contributed by atoms with van der Waals surface area (Å²) < 4.78 is 5.50. The molecule has 23 heavy (non-hydrogen) atoms.